The van der Waals surface area contributed by atoms with Crippen molar-refractivity contribution in [2.45, 2.75) is 6.92 Å². The molecule has 4 rings (SSSR count). The van der Waals surface area contributed by atoms with Crippen molar-refractivity contribution in [1.29, 1.82) is 0 Å². The molecular formula is C20H15N3O2S. The molecule has 2 aromatic heterocycles. The molecule has 0 bridgehead atoms. The van der Waals surface area contributed by atoms with Gasteiger partial charge in [-0.1, -0.05) is 42.5 Å². The number of aromatic nitrogens is 2. The van der Waals surface area contributed by atoms with Crippen LogP contribution in [0.2, 0.25) is 0 Å². The van der Waals surface area contributed by atoms with Gasteiger partial charge in [-0.15, -0.1) is 11.3 Å². The molecule has 128 valence electrons. The van der Waals surface area contributed by atoms with Gasteiger partial charge in [0.15, 0.2) is 0 Å². The molecule has 0 saturated heterocycles. The van der Waals surface area contributed by atoms with E-state index in [1.165, 1.54) is 22.2 Å². The molecular weight excluding hydrogens is 346 g/mol. The molecule has 0 unspecified atom stereocenters. The van der Waals surface area contributed by atoms with Gasteiger partial charge in [0.2, 0.25) is 0 Å². The van der Waals surface area contributed by atoms with Gasteiger partial charge >= 0.3 is 0 Å². The summed E-state index contributed by atoms with van der Waals surface area (Å²) in [5.74, 6) is 0.604. The van der Waals surface area contributed by atoms with Gasteiger partial charge in [0.1, 0.15) is 16.4 Å². The van der Waals surface area contributed by atoms with Crippen molar-refractivity contribution in [2.75, 3.05) is 0 Å². The van der Waals surface area contributed by atoms with Crippen molar-refractivity contribution in [2.24, 2.45) is 5.10 Å². The monoisotopic (exact) mass is 361 g/mol. The van der Waals surface area contributed by atoms with Gasteiger partial charge in [-0.2, -0.15) is 9.78 Å². The number of aryl methyl sites for hydroxylation is 1. The minimum absolute atomic E-state index is 0.108. The quantitative estimate of drug-likeness (QED) is 0.560. The molecule has 2 aromatic carbocycles. The van der Waals surface area contributed by atoms with Crippen LogP contribution in [0.15, 0.2) is 69.9 Å². The average Bonchev–Trinajstić information content (AvgIpc) is 3.07. The van der Waals surface area contributed by atoms with E-state index in [-0.39, 0.29) is 11.3 Å². The maximum atomic E-state index is 13.1. The van der Waals surface area contributed by atoms with Gasteiger partial charge in [0, 0.05) is 16.5 Å². The lowest BCUT2D eigenvalue weighted by Crippen LogP contribution is -2.20. The first-order valence-corrected chi connectivity index (χ1v) is 8.92. The fourth-order valence-corrected chi connectivity index (χ4v) is 3.75. The number of thiophene rings is 1. The highest BCUT2D eigenvalue weighted by Gasteiger charge is 2.15. The molecule has 0 aliphatic rings. The normalized spacial score (nSPS) is 11.4. The van der Waals surface area contributed by atoms with Crippen molar-refractivity contribution >= 4 is 27.8 Å². The Labute approximate surface area is 153 Å². The van der Waals surface area contributed by atoms with Crippen molar-refractivity contribution in [3.05, 3.63) is 81.7 Å². The van der Waals surface area contributed by atoms with Crippen LogP contribution in [-0.4, -0.2) is 21.0 Å². The van der Waals surface area contributed by atoms with Gasteiger partial charge in [-0.25, -0.2) is 4.98 Å². The third kappa shape index (κ3) is 2.80. The SMILES string of the molecule is Cc1nc2scc(-c3ccccc3)c2c(=O)n1N=Cc1ccccc1O. The third-order valence-electron chi connectivity index (χ3n) is 4.08. The molecule has 5 nitrogen and oxygen atoms in total. The van der Waals surface area contributed by atoms with E-state index in [1.807, 2.05) is 35.7 Å². The zero-order valence-corrected chi connectivity index (χ0v) is 14.8. The lowest BCUT2D eigenvalue weighted by atomic mass is 10.1. The molecule has 0 saturated carbocycles. The molecule has 0 atom stereocenters. The van der Waals surface area contributed by atoms with Crippen LogP contribution in [-0.2, 0) is 0 Å². The molecule has 0 radical (unpaired) electrons. The van der Waals surface area contributed by atoms with Crippen LogP contribution in [0.3, 0.4) is 0 Å². The summed E-state index contributed by atoms with van der Waals surface area (Å²) in [4.78, 5) is 18.3. The highest BCUT2D eigenvalue weighted by molar-refractivity contribution is 7.17. The zero-order valence-electron chi connectivity index (χ0n) is 14.0. The maximum absolute atomic E-state index is 13.1. The van der Waals surface area contributed by atoms with E-state index in [2.05, 4.69) is 10.1 Å². The molecule has 26 heavy (non-hydrogen) atoms. The Kier molecular flexibility index (Phi) is 4.10. The second-order valence-corrected chi connectivity index (χ2v) is 6.63. The Morgan fingerprint density at radius 1 is 1.12 bits per heavy atom. The average molecular weight is 361 g/mol. The van der Waals surface area contributed by atoms with E-state index in [0.29, 0.717) is 21.6 Å². The molecule has 0 spiro atoms. The second-order valence-electron chi connectivity index (χ2n) is 5.77. The van der Waals surface area contributed by atoms with Gasteiger partial charge < -0.3 is 5.11 Å². The molecule has 1 N–H and O–H groups in total. The van der Waals surface area contributed by atoms with Crippen LogP contribution in [0.4, 0.5) is 0 Å². The summed E-state index contributed by atoms with van der Waals surface area (Å²) in [6, 6.07) is 16.6. The number of para-hydroxylation sites is 1. The van der Waals surface area contributed by atoms with E-state index in [1.54, 1.807) is 31.2 Å². The largest absolute Gasteiger partial charge is 0.507 e. The first-order chi connectivity index (χ1) is 12.6. The highest BCUT2D eigenvalue weighted by Crippen LogP contribution is 2.30. The fraction of sp³-hybridized carbons (Fsp3) is 0.0500. The predicted molar refractivity (Wildman–Crippen MR) is 105 cm³/mol. The van der Waals surface area contributed by atoms with Crippen molar-refractivity contribution < 1.29 is 5.11 Å². The first-order valence-electron chi connectivity index (χ1n) is 8.04. The molecule has 0 amide bonds. The topological polar surface area (TPSA) is 67.5 Å². The van der Waals surface area contributed by atoms with Gasteiger partial charge in [-0.3, -0.25) is 4.79 Å². The maximum Gasteiger partial charge on any atom is 0.283 e. The summed E-state index contributed by atoms with van der Waals surface area (Å²) in [7, 11) is 0. The number of nitrogens with zero attached hydrogens (tertiary/aromatic N) is 3. The summed E-state index contributed by atoms with van der Waals surface area (Å²) in [5, 5.41) is 16.6. The van der Waals surface area contributed by atoms with Crippen molar-refractivity contribution in [3.8, 4) is 16.9 Å². The van der Waals surface area contributed by atoms with Crippen LogP contribution in [0.1, 0.15) is 11.4 Å². The number of hydrogen-bond donors (Lipinski definition) is 1. The van der Waals surface area contributed by atoms with Crippen LogP contribution in [0.5, 0.6) is 5.75 Å². The van der Waals surface area contributed by atoms with Gasteiger partial charge in [-0.05, 0) is 24.6 Å². The third-order valence-corrected chi connectivity index (χ3v) is 4.95. The number of phenols is 1. The van der Waals surface area contributed by atoms with E-state index >= 15 is 0 Å². The Hall–Kier alpha value is -3.25. The fourth-order valence-electron chi connectivity index (χ4n) is 2.77. The number of fused-ring (bicyclic) bond motifs is 1. The van der Waals surface area contributed by atoms with Crippen LogP contribution in [0.25, 0.3) is 21.3 Å². The van der Waals surface area contributed by atoms with E-state index < -0.39 is 0 Å². The van der Waals surface area contributed by atoms with E-state index in [0.717, 1.165) is 11.1 Å². The zero-order chi connectivity index (χ0) is 18.1. The van der Waals surface area contributed by atoms with Gasteiger partial charge in [0.25, 0.3) is 5.56 Å². The molecule has 0 aliphatic heterocycles. The van der Waals surface area contributed by atoms with Crippen LogP contribution < -0.4 is 5.56 Å². The van der Waals surface area contributed by atoms with Crippen molar-refractivity contribution in [3.63, 3.8) is 0 Å². The smallest absolute Gasteiger partial charge is 0.283 e. The van der Waals surface area contributed by atoms with E-state index in [9.17, 15) is 9.90 Å². The Bertz CT molecular complexity index is 1180. The first kappa shape index (κ1) is 16.2. The molecule has 4 aromatic rings. The summed E-state index contributed by atoms with van der Waals surface area (Å²) in [5.41, 5.74) is 2.14. The lowest BCUT2D eigenvalue weighted by molar-refractivity contribution is 0.474. The molecule has 0 fully saturated rings. The summed E-state index contributed by atoms with van der Waals surface area (Å²) >= 11 is 1.45. The molecule has 6 heteroatoms. The van der Waals surface area contributed by atoms with Crippen molar-refractivity contribution in [1.82, 2.24) is 9.66 Å². The van der Waals surface area contributed by atoms with Crippen LogP contribution >= 0.6 is 11.3 Å². The summed E-state index contributed by atoms with van der Waals surface area (Å²) < 4.78 is 1.27. The summed E-state index contributed by atoms with van der Waals surface area (Å²) in [6.07, 6.45) is 1.46. The molecule has 2 heterocycles. The van der Waals surface area contributed by atoms with Crippen LogP contribution in [0, 0.1) is 6.92 Å². The Morgan fingerprint density at radius 2 is 1.85 bits per heavy atom. The lowest BCUT2D eigenvalue weighted by Gasteiger charge is -2.05. The number of rotatable bonds is 3. The highest BCUT2D eigenvalue weighted by atomic mass is 32.1. The predicted octanol–water partition coefficient (Wildman–Crippen LogP) is 4.02. The standard InChI is InChI=1S/C20H15N3O2S/c1-13-22-19-18(16(12-26-19)14-7-3-2-4-8-14)20(25)23(13)21-11-15-9-5-6-10-17(15)24/h2-12,24H,1H3. The number of phenolic OH excluding ortho intramolecular Hbond substituents is 1. The Balaban J connectivity index is 1.89. The Morgan fingerprint density at radius 3 is 2.62 bits per heavy atom. The second kappa shape index (κ2) is 6.57. The minimum Gasteiger partial charge on any atom is -0.507 e. The minimum atomic E-state index is -0.223. The number of benzene rings is 2. The molecule has 0 aliphatic carbocycles. The summed E-state index contributed by atoms with van der Waals surface area (Å²) in [6.45, 7) is 1.74. The number of hydrogen-bond acceptors (Lipinski definition) is 5. The van der Waals surface area contributed by atoms with E-state index in [4.69, 9.17) is 0 Å². The van der Waals surface area contributed by atoms with Gasteiger partial charge in [0.05, 0.1) is 11.6 Å². The number of aromatic hydroxyl groups is 1.